The van der Waals surface area contributed by atoms with Crippen LogP contribution in [0.5, 0.6) is 0 Å². The fourth-order valence-electron chi connectivity index (χ4n) is 6.94. The third-order valence-electron chi connectivity index (χ3n) is 8.23. The maximum atomic E-state index is 12.3. The zero-order valence-corrected chi connectivity index (χ0v) is 16.2. The molecule has 0 aromatic rings. The summed E-state index contributed by atoms with van der Waals surface area (Å²) in [6.07, 6.45) is 10.5. The quantitative estimate of drug-likeness (QED) is 0.666. The van der Waals surface area contributed by atoms with Crippen molar-refractivity contribution < 1.29 is 14.1 Å². The van der Waals surface area contributed by atoms with E-state index in [9.17, 15) is 14.1 Å². The molecule has 0 aromatic heterocycles. The molecular formula is C21H28O3S. The summed E-state index contributed by atoms with van der Waals surface area (Å²) in [6.45, 7) is 6.56. The smallest absolute Gasteiger partial charge is 0.218 e. The van der Waals surface area contributed by atoms with E-state index < -0.39 is 0 Å². The van der Waals surface area contributed by atoms with E-state index in [0.29, 0.717) is 29.8 Å². The first kappa shape index (κ1) is 17.5. The fourth-order valence-corrected chi connectivity index (χ4v) is 7.45. The van der Waals surface area contributed by atoms with Crippen molar-refractivity contribution in [1.82, 2.24) is 0 Å². The van der Waals surface area contributed by atoms with Crippen LogP contribution in [0.3, 0.4) is 0 Å². The monoisotopic (exact) mass is 360 g/mol. The van der Waals surface area contributed by atoms with E-state index in [-0.39, 0.29) is 27.6 Å². The van der Waals surface area contributed by atoms with Gasteiger partial charge in [0.25, 0.3) is 0 Å². The molecule has 0 spiro atoms. The van der Waals surface area contributed by atoms with Gasteiger partial charge in [0.2, 0.25) is 5.12 Å². The van der Waals surface area contributed by atoms with Gasteiger partial charge in [0.15, 0.2) is 5.78 Å². The largest absolute Gasteiger partial charge is 0.323 e. The van der Waals surface area contributed by atoms with Gasteiger partial charge in [0, 0.05) is 11.3 Å². The molecule has 4 aliphatic carbocycles. The molecule has 3 nitrogen and oxygen atoms in total. The zero-order chi connectivity index (χ0) is 18.0. The van der Waals surface area contributed by atoms with E-state index in [2.05, 4.69) is 19.9 Å². The molecule has 25 heavy (non-hydrogen) atoms. The van der Waals surface area contributed by atoms with Crippen molar-refractivity contribution in [2.45, 2.75) is 59.3 Å². The molecule has 136 valence electrons. The summed E-state index contributed by atoms with van der Waals surface area (Å²) < 4.78 is 9.30. The lowest BCUT2D eigenvalue weighted by Crippen LogP contribution is -2.50. The van der Waals surface area contributed by atoms with Crippen LogP contribution in [-0.2, 0) is 9.59 Å². The van der Waals surface area contributed by atoms with Gasteiger partial charge in [-0.1, -0.05) is 25.5 Å². The highest BCUT2D eigenvalue weighted by molar-refractivity contribution is 8.08. The second-order valence-corrected chi connectivity index (χ2v) is 9.73. The summed E-state index contributed by atoms with van der Waals surface area (Å²) >= 11 is 0.429. The number of rotatable bonds is 1. The predicted octanol–water partition coefficient (Wildman–Crippen LogP) is 5.03. The summed E-state index contributed by atoms with van der Waals surface area (Å²) in [5.74, 6) is 1.95. The first-order valence-corrected chi connectivity index (χ1v) is 10.4. The first-order valence-electron chi connectivity index (χ1n) is 9.61. The van der Waals surface area contributed by atoms with Crippen LogP contribution in [0.2, 0.25) is 0 Å². The lowest BCUT2D eigenvalue weighted by atomic mass is 9.47. The van der Waals surface area contributed by atoms with Crippen molar-refractivity contribution in [2.75, 3.05) is 0 Å². The number of allylic oxidation sites excluding steroid dienone is 4. The average Bonchev–Trinajstić information content (AvgIpc) is 2.93. The van der Waals surface area contributed by atoms with E-state index in [1.807, 2.05) is 13.0 Å². The fraction of sp³-hybridized carbons (Fsp3) is 0.714. The Morgan fingerprint density at radius 2 is 1.96 bits per heavy atom. The predicted molar refractivity (Wildman–Crippen MR) is 99.9 cm³/mol. The molecule has 0 saturated heterocycles. The molecule has 4 heteroatoms. The summed E-state index contributed by atoms with van der Waals surface area (Å²) in [7, 11) is 0. The highest BCUT2D eigenvalue weighted by Gasteiger charge is 2.59. The van der Waals surface area contributed by atoms with Gasteiger partial charge in [-0.3, -0.25) is 9.59 Å². The lowest BCUT2D eigenvalue weighted by molar-refractivity contribution is -0.121. The van der Waals surface area contributed by atoms with Crippen LogP contribution in [-0.4, -0.2) is 15.5 Å². The maximum Gasteiger partial charge on any atom is 0.218 e. The van der Waals surface area contributed by atoms with Crippen LogP contribution in [0.4, 0.5) is 0 Å². The number of hydrogen-bond donors (Lipinski definition) is 1. The van der Waals surface area contributed by atoms with Gasteiger partial charge in [0.1, 0.15) is 0 Å². The standard InChI is InChI=1S/C21H28O3S/c1-12-11-21(3)13(10-18(12)22)4-5-14-15-6-7-17(19(23)25-24)20(15,2)9-8-16(14)21/h10-11,14-17,24H,4-9H2,1-3H3/t14?,15?,16?,17?,20-,21-/m0/s1. The number of carbonyl (C=O) groups is 2. The van der Waals surface area contributed by atoms with E-state index in [1.54, 1.807) is 0 Å². The molecule has 0 bridgehead atoms. The molecule has 1 N–H and O–H groups in total. The van der Waals surface area contributed by atoms with Crippen LogP contribution in [0, 0.1) is 34.5 Å². The summed E-state index contributed by atoms with van der Waals surface area (Å²) in [6, 6.07) is 0. The van der Waals surface area contributed by atoms with Crippen molar-refractivity contribution in [1.29, 1.82) is 0 Å². The van der Waals surface area contributed by atoms with E-state index in [0.717, 1.165) is 44.1 Å². The van der Waals surface area contributed by atoms with Crippen molar-refractivity contribution in [2.24, 2.45) is 34.5 Å². The van der Waals surface area contributed by atoms with Gasteiger partial charge in [-0.2, -0.15) is 0 Å². The second-order valence-electron chi connectivity index (χ2n) is 9.14. The van der Waals surface area contributed by atoms with Crippen molar-refractivity contribution in [3.63, 3.8) is 0 Å². The Hall–Kier alpha value is -0.870. The van der Waals surface area contributed by atoms with Gasteiger partial charge in [-0.15, -0.1) is 0 Å². The normalized spacial score (nSPS) is 45.8. The van der Waals surface area contributed by atoms with E-state index >= 15 is 0 Å². The zero-order valence-electron chi connectivity index (χ0n) is 15.4. The Labute approximate surface area is 154 Å². The molecule has 6 atom stereocenters. The first-order chi connectivity index (χ1) is 11.8. The van der Waals surface area contributed by atoms with Crippen LogP contribution in [0.15, 0.2) is 23.3 Å². The average molecular weight is 361 g/mol. The Kier molecular flexibility index (Phi) is 4.08. The van der Waals surface area contributed by atoms with Gasteiger partial charge >= 0.3 is 0 Å². The third kappa shape index (κ3) is 2.36. The van der Waals surface area contributed by atoms with Crippen LogP contribution in [0.1, 0.15) is 59.3 Å². The topological polar surface area (TPSA) is 54.4 Å². The minimum atomic E-state index is -0.0370. The maximum absolute atomic E-state index is 12.3. The Balaban J connectivity index is 1.68. The van der Waals surface area contributed by atoms with Crippen molar-refractivity contribution >= 4 is 22.9 Å². The summed E-state index contributed by atoms with van der Waals surface area (Å²) in [4.78, 5) is 24.4. The SMILES string of the molecule is CC1=C[C@@]2(C)C(=CC1=O)CCC1C3CCC(C(=O)SO)[C@@]3(C)CCC12. The van der Waals surface area contributed by atoms with E-state index in [4.69, 9.17) is 0 Å². The van der Waals surface area contributed by atoms with Crippen molar-refractivity contribution in [3.8, 4) is 0 Å². The van der Waals surface area contributed by atoms with Crippen LogP contribution in [0.25, 0.3) is 0 Å². The Bertz CT molecular complexity index is 693. The summed E-state index contributed by atoms with van der Waals surface area (Å²) in [5, 5.41) is -0.0370. The highest BCUT2D eigenvalue weighted by Crippen LogP contribution is 2.66. The van der Waals surface area contributed by atoms with Gasteiger partial charge in [-0.05, 0) is 80.3 Å². The number of carbonyl (C=O) groups excluding carboxylic acids is 2. The van der Waals surface area contributed by atoms with Crippen LogP contribution < -0.4 is 0 Å². The number of fused-ring (bicyclic) bond motifs is 5. The number of hydrogen-bond acceptors (Lipinski definition) is 4. The van der Waals surface area contributed by atoms with Gasteiger partial charge < -0.3 is 4.55 Å². The lowest BCUT2D eigenvalue weighted by Gasteiger charge is -2.57. The highest BCUT2D eigenvalue weighted by atomic mass is 32.2. The van der Waals surface area contributed by atoms with Crippen molar-refractivity contribution in [3.05, 3.63) is 23.3 Å². The molecule has 3 saturated carbocycles. The molecular weight excluding hydrogens is 332 g/mol. The minimum absolute atomic E-state index is 0.00315. The second kappa shape index (κ2) is 5.82. The minimum Gasteiger partial charge on any atom is -0.323 e. The molecule has 3 fully saturated rings. The van der Waals surface area contributed by atoms with Gasteiger partial charge in [0.05, 0.1) is 12.0 Å². The molecule has 0 radical (unpaired) electrons. The van der Waals surface area contributed by atoms with E-state index in [1.165, 1.54) is 5.57 Å². The molecule has 0 heterocycles. The Morgan fingerprint density at radius 3 is 2.68 bits per heavy atom. The van der Waals surface area contributed by atoms with Crippen LogP contribution >= 0.6 is 12.0 Å². The molecule has 4 unspecified atom stereocenters. The number of ketones is 1. The molecule has 0 amide bonds. The molecule has 4 aliphatic rings. The Morgan fingerprint density at radius 1 is 1.20 bits per heavy atom. The molecule has 0 aliphatic heterocycles. The molecule has 4 rings (SSSR count). The van der Waals surface area contributed by atoms with Gasteiger partial charge in [-0.25, -0.2) is 0 Å². The molecule has 0 aromatic carbocycles. The summed E-state index contributed by atoms with van der Waals surface area (Å²) in [5.41, 5.74) is 2.26. The third-order valence-corrected chi connectivity index (χ3v) is 8.70.